The smallest absolute Gasteiger partial charge is 0.264 e. The summed E-state index contributed by atoms with van der Waals surface area (Å²) in [5.74, 6) is -0.574. The van der Waals surface area contributed by atoms with Crippen LogP contribution < -0.4 is 9.21 Å². The number of fused-ring (bicyclic) bond motifs is 2. The highest BCUT2D eigenvalue weighted by atomic mass is 32.2. The Morgan fingerprint density at radius 3 is 2.63 bits per heavy atom. The molecule has 7 heteroatoms. The highest BCUT2D eigenvalue weighted by Crippen LogP contribution is 2.37. The molecule has 0 aliphatic carbocycles. The number of benzene rings is 2. The standard InChI is InChI=1S/C20H21FN2O3S/c1-13-5-7-18(21)20-17(13)4-3-10-23(20)27(25,26)16-6-8-19-15(12-16)9-11-22(19)14(2)24/h5-8,12H,3-4,9-11H2,1-2H3. The van der Waals surface area contributed by atoms with E-state index in [0.717, 1.165) is 22.4 Å². The predicted octanol–water partition coefficient (Wildman–Crippen LogP) is 3.18. The number of nitrogens with zero attached hydrogens (tertiary/aromatic N) is 2. The van der Waals surface area contributed by atoms with Crippen LogP contribution >= 0.6 is 0 Å². The number of hydrogen-bond donors (Lipinski definition) is 0. The van der Waals surface area contributed by atoms with Crippen molar-refractivity contribution in [3.8, 4) is 0 Å². The van der Waals surface area contributed by atoms with Gasteiger partial charge in [0.15, 0.2) is 0 Å². The molecule has 142 valence electrons. The minimum absolute atomic E-state index is 0.0631. The van der Waals surface area contributed by atoms with Gasteiger partial charge in [0, 0.05) is 25.7 Å². The second kappa shape index (κ2) is 6.34. The first-order valence-electron chi connectivity index (χ1n) is 9.02. The van der Waals surface area contributed by atoms with Crippen molar-refractivity contribution < 1.29 is 17.6 Å². The van der Waals surface area contributed by atoms with Crippen LogP contribution in [0.25, 0.3) is 0 Å². The molecule has 1 amide bonds. The fraction of sp³-hybridized carbons (Fsp3) is 0.350. The van der Waals surface area contributed by atoms with Crippen molar-refractivity contribution in [3.05, 3.63) is 52.8 Å². The van der Waals surface area contributed by atoms with Crippen molar-refractivity contribution in [1.29, 1.82) is 0 Å². The zero-order valence-corrected chi connectivity index (χ0v) is 16.1. The first kappa shape index (κ1) is 18.0. The van der Waals surface area contributed by atoms with E-state index in [1.807, 2.05) is 6.92 Å². The molecule has 0 atom stereocenters. The molecule has 0 spiro atoms. The van der Waals surface area contributed by atoms with Gasteiger partial charge in [0.25, 0.3) is 10.0 Å². The van der Waals surface area contributed by atoms with E-state index in [1.54, 1.807) is 23.1 Å². The lowest BCUT2D eigenvalue weighted by Gasteiger charge is -2.31. The van der Waals surface area contributed by atoms with E-state index in [-0.39, 0.29) is 23.0 Å². The average Bonchev–Trinajstić information content (AvgIpc) is 3.08. The molecule has 0 radical (unpaired) electrons. The first-order valence-corrected chi connectivity index (χ1v) is 10.5. The molecule has 0 bridgehead atoms. The van der Waals surface area contributed by atoms with Crippen LogP contribution in [0.2, 0.25) is 0 Å². The summed E-state index contributed by atoms with van der Waals surface area (Å²) < 4.78 is 42.4. The minimum Gasteiger partial charge on any atom is -0.312 e. The van der Waals surface area contributed by atoms with Crippen LogP contribution in [0.3, 0.4) is 0 Å². The quantitative estimate of drug-likeness (QED) is 0.794. The van der Waals surface area contributed by atoms with Gasteiger partial charge in [-0.3, -0.25) is 9.10 Å². The molecular formula is C20H21FN2O3S. The van der Waals surface area contributed by atoms with Crippen LogP contribution in [-0.4, -0.2) is 27.4 Å². The lowest BCUT2D eigenvalue weighted by Crippen LogP contribution is -2.36. The molecule has 0 aromatic heterocycles. The van der Waals surface area contributed by atoms with Gasteiger partial charge in [-0.1, -0.05) is 6.07 Å². The number of halogens is 1. The van der Waals surface area contributed by atoms with Gasteiger partial charge in [0.1, 0.15) is 5.82 Å². The number of aryl methyl sites for hydroxylation is 1. The summed E-state index contributed by atoms with van der Waals surface area (Å²) in [6.07, 6.45) is 1.94. The molecule has 2 heterocycles. The Balaban J connectivity index is 1.79. The van der Waals surface area contributed by atoms with Gasteiger partial charge in [-0.25, -0.2) is 12.8 Å². The summed E-state index contributed by atoms with van der Waals surface area (Å²) >= 11 is 0. The second-order valence-corrected chi connectivity index (χ2v) is 8.95. The third kappa shape index (κ3) is 2.81. The summed E-state index contributed by atoms with van der Waals surface area (Å²) in [7, 11) is -3.88. The topological polar surface area (TPSA) is 57.7 Å². The van der Waals surface area contributed by atoms with E-state index < -0.39 is 15.8 Å². The number of amides is 1. The molecule has 4 rings (SSSR count). The van der Waals surface area contributed by atoms with Crippen LogP contribution in [0.1, 0.15) is 30.0 Å². The fourth-order valence-electron chi connectivity index (χ4n) is 4.04. The molecular weight excluding hydrogens is 367 g/mol. The highest BCUT2D eigenvalue weighted by molar-refractivity contribution is 7.92. The molecule has 0 saturated carbocycles. The van der Waals surface area contributed by atoms with Crippen molar-refractivity contribution in [1.82, 2.24) is 0 Å². The largest absolute Gasteiger partial charge is 0.312 e. The Hall–Kier alpha value is -2.41. The fourth-order valence-corrected chi connectivity index (χ4v) is 5.63. The van der Waals surface area contributed by atoms with Gasteiger partial charge in [0.2, 0.25) is 5.91 Å². The Labute approximate surface area is 158 Å². The number of rotatable bonds is 2. The zero-order chi connectivity index (χ0) is 19.3. The Bertz CT molecular complexity index is 1050. The van der Waals surface area contributed by atoms with Crippen molar-refractivity contribution in [3.63, 3.8) is 0 Å². The molecule has 27 heavy (non-hydrogen) atoms. The van der Waals surface area contributed by atoms with Crippen LogP contribution in [0.4, 0.5) is 15.8 Å². The molecule has 0 saturated heterocycles. The van der Waals surface area contributed by atoms with Crippen molar-refractivity contribution in [2.45, 2.75) is 38.0 Å². The molecule has 2 aromatic rings. The summed E-state index contributed by atoms with van der Waals surface area (Å²) in [6, 6.07) is 7.83. The molecule has 0 fully saturated rings. The molecule has 0 unspecified atom stereocenters. The number of carbonyl (C=O) groups excluding carboxylic acids is 1. The average molecular weight is 388 g/mol. The van der Waals surface area contributed by atoms with Gasteiger partial charge >= 0.3 is 0 Å². The Morgan fingerprint density at radius 1 is 1.11 bits per heavy atom. The van der Waals surface area contributed by atoms with Crippen LogP contribution in [0, 0.1) is 12.7 Å². The van der Waals surface area contributed by atoms with E-state index in [9.17, 15) is 17.6 Å². The highest BCUT2D eigenvalue weighted by Gasteiger charge is 2.33. The molecule has 2 aliphatic rings. The van der Waals surface area contributed by atoms with Crippen molar-refractivity contribution >= 4 is 27.3 Å². The van der Waals surface area contributed by atoms with Gasteiger partial charge in [-0.05, 0) is 67.1 Å². The number of anilines is 2. The Kier molecular flexibility index (Phi) is 4.22. The van der Waals surface area contributed by atoms with Crippen molar-refractivity contribution in [2.75, 3.05) is 22.3 Å². The summed E-state index contributed by atoms with van der Waals surface area (Å²) in [5, 5.41) is 0. The number of hydrogen-bond acceptors (Lipinski definition) is 3. The Morgan fingerprint density at radius 2 is 1.89 bits per heavy atom. The third-order valence-corrected chi connectivity index (χ3v) is 7.21. The SMILES string of the molecule is CC(=O)N1CCc2cc(S(=O)(=O)N3CCCc4c(C)ccc(F)c43)ccc21. The van der Waals surface area contributed by atoms with E-state index in [4.69, 9.17) is 0 Å². The lowest BCUT2D eigenvalue weighted by atomic mass is 9.98. The number of carbonyl (C=O) groups is 1. The predicted molar refractivity (Wildman–Crippen MR) is 102 cm³/mol. The first-order chi connectivity index (χ1) is 12.8. The van der Waals surface area contributed by atoms with Crippen LogP contribution in [-0.2, 0) is 27.7 Å². The van der Waals surface area contributed by atoms with Crippen molar-refractivity contribution in [2.24, 2.45) is 0 Å². The van der Waals surface area contributed by atoms with E-state index in [2.05, 4.69) is 0 Å². The molecule has 5 nitrogen and oxygen atoms in total. The summed E-state index contributed by atoms with van der Waals surface area (Å²) in [6.45, 7) is 4.18. The van der Waals surface area contributed by atoms with Gasteiger partial charge in [-0.2, -0.15) is 0 Å². The maximum absolute atomic E-state index is 14.6. The van der Waals surface area contributed by atoms with Gasteiger partial charge in [0.05, 0.1) is 10.6 Å². The molecule has 2 aromatic carbocycles. The van der Waals surface area contributed by atoms with Crippen LogP contribution in [0.15, 0.2) is 35.2 Å². The summed E-state index contributed by atoms with van der Waals surface area (Å²) in [4.78, 5) is 13.5. The molecule has 0 N–H and O–H groups in total. The van der Waals surface area contributed by atoms with E-state index in [0.29, 0.717) is 25.8 Å². The van der Waals surface area contributed by atoms with Crippen LogP contribution in [0.5, 0.6) is 0 Å². The van der Waals surface area contributed by atoms with E-state index >= 15 is 0 Å². The maximum Gasteiger partial charge on any atom is 0.264 e. The van der Waals surface area contributed by atoms with Gasteiger partial charge < -0.3 is 4.90 Å². The number of sulfonamides is 1. The molecule has 2 aliphatic heterocycles. The minimum atomic E-state index is -3.88. The van der Waals surface area contributed by atoms with E-state index in [1.165, 1.54) is 23.4 Å². The second-order valence-electron chi connectivity index (χ2n) is 7.08. The zero-order valence-electron chi connectivity index (χ0n) is 15.3. The monoisotopic (exact) mass is 388 g/mol. The van der Waals surface area contributed by atoms with Gasteiger partial charge in [-0.15, -0.1) is 0 Å². The normalized spacial score (nSPS) is 16.3. The third-order valence-electron chi connectivity index (χ3n) is 5.42. The maximum atomic E-state index is 14.6. The summed E-state index contributed by atoms with van der Waals surface area (Å²) in [5.41, 5.74) is 3.41. The lowest BCUT2D eigenvalue weighted by molar-refractivity contribution is -0.116.